The fourth-order valence-corrected chi connectivity index (χ4v) is 2.74. The molecule has 2 atom stereocenters. The highest BCUT2D eigenvalue weighted by Gasteiger charge is 2.13. The summed E-state index contributed by atoms with van der Waals surface area (Å²) in [4.78, 5) is 9.07. The zero-order valence-electron chi connectivity index (χ0n) is 15.1. The first-order valence-corrected chi connectivity index (χ1v) is 8.67. The van der Waals surface area contributed by atoms with Gasteiger partial charge in [0.15, 0.2) is 0 Å². The number of nitrogens with two attached hydrogens (primary N) is 2. The maximum atomic E-state index is 6.11. The molecule has 2 aromatic rings. The Morgan fingerprint density at radius 1 is 0.962 bits per heavy atom. The van der Waals surface area contributed by atoms with Crippen LogP contribution in [0.1, 0.15) is 23.6 Å². The van der Waals surface area contributed by atoms with Crippen molar-refractivity contribution in [2.45, 2.75) is 25.9 Å². The summed E-state index contributed by atoms with van der Waals surface area (Å²) < 4.78 is 0. The van der Waals surface area contributed by atoms with Crippen LogP contribution in [-0.4, -0.2) is 24.5 Å². The normalized spacial score (nSPS) is 20.0. The second-order valence-electron chi connectivity index (χ2n) is 6.60. The Morgan fingerprint density at radius 2 is 1.65 bits per heavy atom. The molecule has 0 radical (unpaired) electrons. The molecule has 2 aromatic carbocycles. The van der Waals surface area contributed by atoms with E-state index in [0.29, 0.717) is 5.69 Å². The van der Waals surface area contributed by atoms with E-state index in [1.54, 1.807) is 0 Å². The molecule has 1 aliphatic rings. The van der Waals surface area contributed by atoms with Gasteiger partial charge in [0, 0.05) is 18.5 Å². The van der Waals surface area contributed by atoms with Gasteiger partial charge in [0.2, 0.25) is 0 Å². The van der Waals surface area contributed by atoms with Crippen molar-refractivity contribution in [2.75, 3.05) is 5.73 Å². The quantitative estimate of drug-likeness (QED) is 0.650. The van der Waals surface area contributed by atoms with Gasteiger partial charge in [-0.15, -0.1) is 0 Å². The summed E-state index contributed by atoms with van der Waals surface area (Å²) in [6.07, 6.45) is 9.83. The van der Waals surface area contributed by atoms with Gasteiger partial charge in [-0.1, -0.05) is 54.1 Å². The second kappa shape index (κ2) is 7.93. The molecule has 1 aliphatic carbocycles. The molecule has 2 unspecified atom stereocenters. The van der Waals surface area contributed by atoms with Crippen molar-refractivity contribution in [3.05, 3.63) is 83.0 Å². The summed E-state index contributed by atoms with van der Waals surface area (Å²) >= 11 is 0. The molecule has 0 heterocycles. The molecule has 0 aliphatic heterocycles. The number of anilines is 1. The molecule has 3 rings (SSSR count). The SMILES string of the molecule is CC1=CC(N)C(/N=C/c2ccc(/C=N/c3cc(C)ccc3N)cc2)C=C1. The van der Waals surface area contributed by atoms with Crippen LogP contribution in [0, 0.1) is 6.92 Å². The van der Waals surface area contributed by atoms with Crippen molar-refractivity contribution in [3.63, 3.8) is 0 Å². The Morgan fingerprint density at radius 3 is 2.35 bits per heavy atom. The molecular weight excluding hydrogens is 320 g/mol. The number of aliphatic imine (C=N–C) groups is 2. The first kappa shape index (κ1) is 17.8. The Kier molecular flexibility index (Phi) is 5.44. The maximum Gasteiger partial charge on any atom is 0.0870 e. The van der Waals surface area contributed by atoms with Crippen LogP contribution in [0.15, 0.2) is 76.3 Å². The first-order chi connectivity index (χ1) is 12.5. The number of hydrogen-bond donors (Lipinski definition) is 2. The van der Waals surface area contributed by atoms with Crippen LogP contribution in [0.2, 0.25) is 0 Å². The molecule has 0 saturated carbocycles. The third kappa shape index (κ3) is 4.55. The molecule has 0 spiro atoms. The summed E-state index contributed by atoms with van der Waals surface area (Å²) in [6.45, 7) is 4.07. The molecule has 4 nitrogen and oxygen atoms in total. The largest absolute Gasteiger partial charge is 0.397 e. The van der Waals surface area contributed by atoms with E-state index in [1.165, 1.54) is 5.57 Å². The van der Waals surface area contributed by atoms with Gasteiger partial charge >= 0.3 is 0 Å². The molecule has 0 amide bonds. The maximum absolute atomic E-state index is 6.11. The van der Waals surface area contributed by atoms with E-state index in [2.05, 4.69) is 16.1 Å². The summed E-state index contributed by atoms with van der Waals surface area (Å²) in [5.74, 6) is 0. The Bertz CT molecular complexity index is 889. The molecule has 0 saturated heterocycles. The van der Waals surface area contributed by atoms with Crippen LogP contribution in [0.4, 0.5) is 11.4 Å². The fourth-order valence-electron chi connectivity index (χ4n) is 2.74. The summed E-state index contributed by atoms with van der Waals surface area (Å²) in [7, 11) is 0. The summed E-state index contributed by atoms with van der Waals surface area (Å²) in [5, 5.41) is 0. The predicted octanol–water partition coefficient (Wildman–Crippen LogP) is 3.96. The van der Waals surface area contributed by atoms with Crippen molar-refractivity contribution in [2.24, 2.45) is 15.7 Å². The van der Waals surface area contributed by atoms with Crippen molar-refractivity contribution >= 4 is 23.8 Å². The number of rotatable bonds is 4. The van der Waals surface area contributed by atoms with E-state index >= 15 is 0 Å². The number of allylic oxidation sites excluding steroid dienone is 2. The van der Waals surface area contributed by atoms with Gasteiger partial charge in [-0.2, -0.15) is 0 Å². The molecule has 0 aromatic heterocycles. The fraction of sp³-hybridized carbons (Fsp3) is 0.182. The zero-order valence-corrected chi connectivity index (χ0v) is 15.1. The number of aryl methyl sites for hydroxylation is 1. The van der Waals surface area contributed by atoms with E-state index in [4.69, 9.17) is 11.5 Å². The number of nitrogen functional groups attached to an aromatic ring is 1. The number of nitrogens with zero attached hydrogens (tertiary/aromatic N) is 2. The lowest BCUT2D eigenvalue weighted by atomic mass is 10.00. The lowest BCUT2D eigenvalue weighted by Gasteiger charge is -2.17. The monoisotopic (exact) mass is 344 g/mol. The van der Waals surface area contributed by atoms with Crippen molar-refractivity contribution in [1.82, 2.24) is 0 Å². The zero-order chi connectivity index (χ0) is 18.5. The van der Waals surface area contributed by atoms with Crippen molar-refractivity contribution in [3.8, 4) is 0 Å². The van der Waals surface area contributed by atoms with Gasteiger partial charge in [-0.25, -0.2) is 0 Å². The van der Waals surface area contributed by atoms with Crippen LogP contribution in [0.5, 0.6) is 0 Å². The lowest BCUT2D eigenvalue weighted by molar-refractivity contribution is 0.698. The van der Waals surface area contributed by atoms with Crippen LogP contribution in [0.3, 0.4) is 0 Å². The summed E-state index contributed by atoms with van der Waals surface area (Å²) in [5.41, 5.74) is 17.9. The van der Waals surface area contributed by atoms with Crippen molar-refractivity contribution in [1.29, 1.82) is 0 Å². The van der Waals surface area contributed by atoms with Crippen LogP contribution in [0.25, 0.3) is 0 Å². The minimum absolute atomic E-state index is 0.00997. The standard InChI is InChI=1S/C22H24N4/c1-15-4-10-21(20(24)11-15)25-13-17-5-7-18(8-6-17)14-26-22-12-16(2)3-9-19(22)23/h3-14,20-21H,23-24H2,1-2H3/b25-13+,26-14+. The molecule has 26 heavy (non-hydrogen) atoms. The van der Waals surface area contributed by atoms with E-state index < -0.39 is 0 Å². The van der Waals surface area contributed by atoms with E-state index in [0.717, 1.165) is 22.4 Å². The molecule has 0 fully saturated rings. The molecule has 132 valence electrons. The average Bonchev–Trinajstić information content (AvgIpc) is 2.63. The Balaban J connectivity index is 1.67. The molecule has 4 N–H and O–H groups in total. The topological polar surface area (TPSA) is 76.8 Å². The minimum atomic E-state index is -0.0672. The highest BCUT2D eigenvalue weighted by molar-refractivity contribution is 5.86. The second-order valence-corrected chi connectivity index (χ2v) is 6.60. The number of hydrogen-bond acceptors (Lipinski definition) is 4. The van der Waals surface area contributed by atoms with E-state index in [9.17, 15) is 0 Å². The van der Waals surface area contributed by atoms with Gasteiger partial charge in [0.1, 0.15) is 0 Å². The highest BCUT2D eigenvalue weighted by Crippen LogP contribution is 2.22. The first-order valence-electron chi connectivity index (χ1n) is 8.67. The molecule has 0 bridgehead atoms. The summed E-state index contributed by atoms with van der Waals surface area (Å²) in [6, 6.07) is 13.8. The third-order valence-corrected chi connectivity index (χ3v) is 4.28. The number of benzene rings is 2. The Labute approximate surface area is 154 Å². The highest BCUT2D eigenvalue weighted by atomic mass is 14.8. The van der Waals surface area contributed by atoms with Crippen LogP contribution < -0.4 is 11.5 Å². The Hall–Kier alpha value is -2.98. The minimum Gasteiger partial charge on any atom is -0.397 e. The molecular formula is C22H24N4. The van der Waals surface area contributed by atoms with Gasteiger partial charge < -0.3 is 11.5 Å². The van der Waals surface area contributed by atoms with Crippen LogP contribution >= 0.6 is 0 Å². The lowest BCUT2D eigenvalue weighted by Crippen LogP contribution is -2.32. The third-order valence-electron chi connectivity index (χ3n) is 4.28. The van der Waals surface area contributed by atoms with Gasteiger partial charge in [-0.3, -0.25) is 9.98 Å². The van der Waals surface area contributed by atoms with Crippen LogP contribution in [-0.2, 0) is 0 Å². The van der Waals surface area contributed by atoms with E-state index in [-0.39, 0.29) is 12.1 Å². The average molecular weight is 344 g/mol. The van der Waals surface area contributed by atoms with Gasteiger partial charge in [0.25, 0.3) is 0 Å². The van der Waals surface area contributed by atoms with E-state index in [1.807, 2.05) is 80.9 Å². The smallest absolute Gasteiger partial charge is 0.0870 e. The van der Waals surface area contributed by atoms with Crippen molar-refractivity contribution < 1.29 is 0 Å². The van der Waals surface area contributed by atoms with Gasteiger partial charge in [0.05, 0.1) is 17.4 Å². The predicted molar refractivity (Wildman–Crippen MR) is 112 cm³/mol. The molecule has 4 heteroatoms. The van der Waals surface area contributed by atoms with Gasteiger partial charge in [-0.05, 0) is 42.7 Å².